The van der Waals surface area contributed by atoms with Crippen molar-refractivity contribution in [1.29, 1.82) is 0 Å². The molecule has 2 aliphatic heterocycles. The summed E-state index contributed by atoms with van der Waals surface area (Å²) in [5.74, 6) is -9.81. The predicted molar refractivity (Wildman–Crippen MR) is 147 cm³/mol. The molecule has 0 aliphatic carbocycles. The first kappa shape index (κ1) is 17.6. The van der Waals surface area contributed by atoms with E-state index in [2.05, 4.69) is 11.8 Å². The molecule has 2 aromatic rings. The summed E-state index contributed by atoms with van der Waals surface area (Å²) < 4.78 is 173. The Morgan fingerprint density at radius 1 is 1.30 bits per heavy atom. The largest absolute Gasteiger partial charge is 1.00 e. The van der Waals surface area contributed by atoms with E-state index in [4.69, 9.17) is 40.5 Å². The van der Waals surface area contributed by atoms with E-state index in [-0.39, 0.29) is 46.0 Å². The van der Waals surface area contributed by atoms with Crippen LogP contribution in [0.2, 0.25) is 0 Å². The van der Waals surface area contributed by atoms with Gasteiger partial charge >= 0.3 is 35.5 Å². The SMILES string of the molecule is [2H]C([2H])([2H])C([2H])(C)C([2H])([2H])N(C[C@@H](O[CH2-])[C@@H](CC(=O)O[C@@]1([2H])C([2H])([2H])O[C@@]2([2H])OC([2H])([2H])C([2H])([2H])[C@]21[2H])Cc1ccccc1)S(=O)(=O)c1ccc(N)cc1.[Na+]. The normalized spacial score (nSPS) is 39.0. The summed E-state index contributed by atoms with van der Waals surface area (Å²) in [5.41, 5.74) is 6.29. The molecule has 2 saturated heterocycles. The number of anilines is 1. The number of hydrogen-bond donors (Lipinski definition) is 1. The molecule has 0 saturated carbocycles. The van der Waals surface area contributed by atoms with Gasteiger partial charge in [0.2, 0.25) is 10.0 Å². The maximum atomic E-state index is 14.2. The maximum Gasteiger partial charge on any atom is 1.00 e. The Kier molecular flexibility index (Phi) is 6.64. The third-order valence-corrected chi connectivity index (χ3v) is 7.51. The molecule has 214 valence electrons. The topological polar surface area (TPSA) is 117 Å². The third-order valence-electron chi connectivity index (χ3n) is 5.82. The van der Waals surface area contributed by atoms with Crippen molar-refractivity contribution in [3.8, 4) is 0 Å². The molecule has 6 atom stereocenters. The summed E-state index contributed by atoms with van der Waals surface area (Å²) in [6.45, 7) is -14.5. The van der Waals surface area contributed by atoms with E-state index in [0.29, 0.717) is 12.5 Å². The quantitative estimate of drug-likeness (QED) is 0.155. The smallest absolute Gasteiger partial charge is 0.552 e. The van der Waals surface area contributed by atoms with Crippen LogP contribution in [-0.4, -0.2) is 63.3 Å². The number of rotatable bonds is 13. The fourth-order valence-corrected chi connectivity index (χ4v) is 5.28. The van der Waals surface area contributed by atoms with Gasteiger partial charge in [0.25, 0.3) is 0 Å². The second-order valence-corrected chi connectivity index (χ2v) is 10.6. The molecule has 2 N–H and O–H groups in total. The molecule has 0 bridgehead atoms. The minimum atomic E-state index is -5.08. The van der Waals surface area contributed by atoms with Gasteiger partial charge in [-0.05, 0) is 54.4 Å². The van der Waals surface area contributed by atoms with Crippen LogP contribution in [0.3, 0.4) is 0 Å². The predicted octanol–water partition coefficient (Wildman–Crippen LogP) is 0.650. The Morgan fingerprint density at radius 2 is 2.02 bits per heavy atom. The van der Waals surface area contributed by atoms with Crippen molar-refractivity contribution in [3.05, 3.63) is 67.3 Å². The van der Waals surface area contributed by atoms with Crippen LogP contribution in [-0.2, 0) is 40.2 Å². The Bertz CT molecular complexity index is 1830. The van der Waals surface area contributed by atoms with Crippen LogP contribution in [0.15, 0.2) is 59.5 Å². The number of ether oxygens (including phenoxy) is 4. The molecule has 0 spiro atoms. The van der Waals surface area contributed by atoms with Gasteiger partial charge in [0, 0.05) is 37.2 Å². The number of nitrogen functional groups attached to an aromatic ring is 1. The first-order valence-corrected chi connectivity index (χ1v) is 13.2. The zero-order valence-electron chi connectivity index (χ0n) is 37.0. The molecular weight excluding hydrogens is 543 g/mol. The molecule has 2 fully saturated rings. The molecule has 9 nitrogen and oxygen atoms in total. The van der Waals surface area contributed by atoms with Gasteiger partial charge in [0.05, 0.1) is 38.6 Å². The van der Waals surface area contributed by atoms with Crippen LogP contribution in [0.5, 0.6) is 0 Å². The number of fused-ring (bicyclic) bond motifs is 1. The first-order valence-electron chi connectivity index (χ1n) is 19.2. The van der Waals surface area contributed by atoms with Crippen molar-refractivity contribution in [1.82, 2.24) is 4.31 Å². The van der Waals surface area contributed by atoms with E-state index in [0.717, 1.165) is 12.1 Å². The van der Waals surface area contributed by atoms with Gasteiger partial charge < -0.3 is 24.7 Å². The number of esters is 1. The molecule has 0 aromatic heterocycles. The Labute approximate surface area is 281 Å². The summed E-state index contributed by atoms with van der Waals surface area (Å²) in [7, 11) is -1.72. The standard InChI is InChI=1S/C29H39N2O7S.Na/c1-20(2)17-31(39(33,34)24-11-9-23(30)10-12-24)18-26(35-3)22(15-21-7-5-4-6-8-21)16-28(32)38-27-19-37-29-25(27)13-14-36-29;/h4-12,20,22,25-27,29H,3,13-19,30H2,1-2H3;/q-1;+1/t22-,25+,26-,27+,29-;/m1./s1/i1D3,13D2,14D2,17D2,19D2,20D,25D,27D,29D;/t20?,22-,25+,26-,27+,29-;. The number of sulfonamides is 1. The van der Waals surface area contributed by atoms with Crippen molar-refractivity contribution in [2.75, 3.05) is 31.9 Å². The Hall–Kier alpha value is -1.50. The zero-order valence-corrected chi connectivity index (χ0v) is 24.8. The van der Waals surface area contributed by atoms with Gasteiger partial charge in [0.1, 0.15) is 6.08 Å². The monoisotopic (exact) mass is 597 g/mol. The van der Waals surface area contributed by atoms with Crippen LogP contribution in [0, 0.1) is 24.8 Å². The van der Waals surface area contributed by atoms with Crippen molar-refractivity contribution < 1.29 is 82.3 Å². The molecule has 11 heteroatoms. The van der Waals surface area contributed by atoms with Crippen molar-refractivity contribution in [2.24, 2.45) is 17.7 Å². The minimum Gasteiger partial charge on any atom is -0.552 e. The van der Waals surface area contributed by atoms with E-state index in [1.807, 2.05) is 0 Å². The van der Waals surface area contributed by atoms with Gasteiger partial charge in [-0.25, -0.2) is 15.5 Å². The van der Waals surface area contributed by atoms with E-state index in [1.54, 1.807) is 30.3 Å². The van der Waals surface area contributed by atoms with Gasteiger partial charge in [-0.3, -0.25) is 4.79 Å². The van der Waals surface area contributed by atoms with Crippen LogP contribution in [0.4, 0.5) is 5.69 Å². The summed E-state index contributed by atoms with van der Waals surface area (Å²) in [5, 5.41) is 0. The number of carbonyl (C=O) groups is 1. The van der Waals surface area contributed by atoms with E-state index < -0.39 is 103 Å². The number of nitrogens with zero attached hydrogens (tertiary/aromatic N) is 1. The van der Waals surface area contributed by atoms with Gasteiger partial charge in [-0.2, -0.15) is 4.31 Å². The average Bonchev–Trinajstić information content (AvgIpc) is 3.21. The molecule has 0 amide bonds. The molecule has 4 rings (SSSR count). The van der Waals surface area contributed by atoms with Crippen molar-refractivity contribution in [3.63, 3.8) is 0 Å². The van der Waals surface area contributed by atoms with Crippen molar-refractivity contribution >= 4 is 21.7 Å². The Morgan fingerprint density at radius 3 is 2.70 bits per heavy atom. The molecule has 1 unspecified atom stereocenters. The number of benzene rings is 2. The van der Waals surface area contributed by atoms with E-state index >= 15 is 0 Å². The summed E-state index contributed by atoms with van der Waals surface area (Å²) in [6, 6.07) is 12.4. The van der Waals surface area contributed by atoms with Crippen LogP contribution >= 0.6 is 0 Å². The minimum absolute atomic E-state index is 0. The number of carbonyl (C=O) groups excluding carboxylic acids is 1. The van der Waals surface area contributed by atoms with Gasteiger partial charge in [-0.15, -0.1) is 0 Å². The fraction of sp³-hybridized carbons (Fsp3) is 0.517. The van der Waals surface area contributed by atoms with Gasteiger partial charge in [0.15, 0.2) is 6.27 Å². The van der Waals surface area contributed by atoms with Crippen LogP contribution < -0.4 is 35.3 Å². The third kappa shape index (κ3) is 8.51. The summed E-state index contributed by atoms with van der Waals surface area (Å²) >= 11 is 0. The molecule has 0 radical (unpaired) electrons. The fourth-order valence-electron chi connectivity index (χ4n) is 3.94. The Balaban J connectivity index is 0.00000812. The molecule has 40 heavy (non-hydrogen) atoms. The molecule has 2 aromatic carbocycles. The van der Waals surface area contributed by atoms with Gasteiger partial charge in [-0.1, -0.05) is 44.1 Å². The van der Waals surface area contributed by atoms with Crippen LogP contribution in [0.1, 0.15) is 52.7 Å². The molecule has 2 aliphatic rings. The zero-order chi connectivity index (χ0) is 41.4. The van der Waals surface area contributed by atoms with Crippen molar-refractivity contribution in [2.45, 2.75) is 56.3 Å². The second kappa shape index (κ2) is 15.1. The second-order valence-electron chi connectivity index (χ2n) is 8.70. The first-order chi connectivity index (χ1) is 24.3. The summed E-state index contributed by atoms with van der Waals surface area (Å²) in [6.07, 6.45) is -14.0. The van der Waals surface area contributed by atoms with E-state index in [1.165, 1.54) is 12.1 Å². The number of hydrogen-bond acceptors (Lipinski definition) is 8. The summed E-state index contributed by atoms with van der Waals surface area (Å²) in [4.78, 5) is 13.2. The van der Waals surface area contributed by atoms with E-state index in [9.17, 15) is 13.2 Å². The average molecular weight is 598 g/mol. The molecular formula is C29H39N2NaO7S. The maximum absolute atomic E-state index is 14.2. The van der Waals surface area contributed by atoms with Crippen LogP contribution in [0.25, 0.3) is 0 Å². The molecule has 2 heterocycles. The number of nitrogens with two attached hydrogens (primary N) is 1.